The van der Waals surface area contributed by atoms with Gasteiger partial charge in [-0.25, -0.2) is 8.78 Å². The van der Waals surface area contributed by atoms with Gasteiger partial charge in [-0.05, 0) is 22.3 Å². The summed E-state index contributed by atoms with van der Waals surface area (Å²) in [5.41, 5.74) is 0.312. The van der Waals surface area contributed by atoms with E-state index in [0.29, 0.717) is 0 Å². The molecule has 0 N–H and O–H groups in total. The quantitative estimate of drug-likeness (QED) is 0.370. The van der Waals surface area contributed by atoms with Gasteiger partial charge in [-0.1, -0.05) is 53.6 Å². The predicted molar refractivity (Wildman–Crippen MR) is 77.1 cm³/mol. The standard InChI is InChI=1S/C17H10F8NO/c18-14(19)15(20,21)16(22,23)17(24,25)26(27)13-11-7-3-1-5-9(11)10-6-2-4-8-12(10)13/h1-8,13-14H. The largest absolute Gasteiger partial charge is 0.398 e. The van der Waals surface area contributed by atoms with Crippen molar-refractivity contribution in [3.8, 4) is 11.1 Å². The molecular weight excluding hydrogens is 386 g/mol. The first-order chi connectivity index (χ1) is 12.4. The van der Waals surface area contributed by atoms with Crippen LogP contribution < -0.4 is 0 Å². The zero-order valence-electron chi connectivity index (χ0n) is 13.2. The molecule has 0 saturated heterocycles. The van der Waals surface area contributed by atoms with Gasteiger partial charge in [0.2, 0.25) is 0 Å². The highest BCUT2D eigenvalue weighted by molar-refractivity contribution is 5.78. The molecule has 2 nitrogen and oxygen atoms in total. The minimum atomic E-state index is -6.61. The average Bonchev–Trinajstić information content (AvgIpc) is 2.95. The Kier molecular flexibility index (Phi) is 4.47. The summed E-state index contributed by atoms with van der Waals surface area (Å²) < 4.78 is 106. The highest BCUT2D eigenvalue weighted by Gasteiger charge is 2.78. The van der Waals surface area contributed by atoms with E-state index in [0.717, 1.165) is 0 Å². The van der Waals surface area contributed by atoms with Gasteiger partial charge >= 0.3 is 24.3 Å². The molecule has 3 rings (SSSR count). The summed E-state index contributed by atoms with van der Waals surface area (Å²) in [5, 5.41) is 10.7. The molecule has 0 atom stereocenters. The fourth-order valence-electron chi connectivity index (χ4n) is 3.02. The number of hydroxylamine groups is 2. The number of alkyl halides is 8. The summed E-state index contributed by atoms with van der Waals surface area (Å²) in [6.07, 6.45) is -5.09. The third-order valence-electron chi connectivity index (χ3n) is 4.38. The van der Waals surface area contributed by atoms with Gasteiger partial charge in [0.25, 0.3) is 0 Å². The second-order valence-corrected chi connectivity index (χ2v) is 5.94. The molecule has 27 heavy (non-hydrogen) atoms. The molecule has 0 spiro atoms. The van der Waals surface area contributed by atoms with E-state index in [-0.39, 0.29) is 22.3 Å². The van der Waals surface area contributed by atoms with Crippen molar-refractivity contribution < 1.29 is 40.3 Å². The number of hydrogen-bond donors (Lipinski definition) is 0. The lowest BCUT2D eigenvalue weighted by atomic mass is 10.0. The maximum atomic E-state index is 14.1. The van der Waals surface area contributed by atoms with Crippen LogP contribution in [0.3, 0.4) is 0 Å². The fourth-order valence-corrected chi connectivity index (χ4v) is 3.02. The van der Waals surface area contributed by atoms with Gasteiger partial charge in [-0.3, -0.25) is 0 Å². The van der Waals surface area contributed by atoms with Gasteiger partial charge in [-0.15, -0.1) is 5.21 Å². The summed E-state index contributed by atoms with van der Waals surface area (Å²) in [6.45, 7) is 0. The van der Waals surface area contributed by atoms with Crippen molar-refractivity contribution in [2.24, 2.45) is 0 Å². The molecule has 1 radical (unpaired) electrons. The molecule has 0 amide bonds. The first-order valence-corrected chi connectivity index (χ1v) is 7.51. The third-order valence-corrected chi connectivity index (χ3v) is 4.38. The van der Waals surface area contributed by atoms with Crippen LogP contribution in [-0.4, -0.2) is 29.4 Å². The minimum absolute atomic E-state index is 0.121. The summed E-state index contributed by atoms with van der Waals surface area (Å²) >= 11 is 0. The molecule has 145 valence electrons. The van der Waals surface area contributed by atoms with E-state index in [9.17, 15) is 40.3 Å². The van der Waals surface area contributed by atoms with Crippen LogP contribution in [0, 0.1) is 0 Å². The van der Waals surface area contributed by atoms with Crippen LogP contribution >= 0.6 is 0 Å². The van der Waals surface area contributed by atoms with Crippen LogP contribution in [-0.2, 0) is 5.21 Å². The third kappa shape index (κ3) is 2.61. The van der Waals surface area contributed by atoms with E-state index in [1.165, 1.54) is 48.5 Å². The highest BCUT2D eigenvalue weighted by atomic mass is 19.4. The Labute approximate surface area is 147 Å². The van der Waals surface area contributed by atoms with Crippen molar-refractivity contribution in [1.82, 2.24) is 5.06 Å². The van der Waals surface area contributed by atoms with Gasteiger partial charge in [0.1, 0.15) is 0 Å². The molecule has 2 aromatic carbocycles. The van der Waals surface area contributed by atoms with E-state index in [2.05, 4.69) is 0 Å². The van der Waals surface area contributed by atoms with Crippen molar-refractivity contribution in [3.05, 3.63) is 59.7 Å². The van der Waals surface area contributed by atoms with Crippen LogP contribution in [0.25, 0.3) is 11.1 Å². The van der Waals surface area contributed by atoms with Crippen LogP contribution in [0.5, 0.6) is 0 Å². The molecule has 1 aliphatic carbocycles. The lowest BCUT2D eigenvalue weighted by molar-refractivity contribution is -0.441. The number of nitrogens with zero attached hydrogens (tertiary/aromatic N) is 1. The Morgan fingerprint density at radius 3 is 1.59 bits per heavy atom. The second-order valence-electron chi connectivity index (χ2n) is 5.94. The fraction of sp³-hybridized carbons (Fsp3) is 0.294. The molecule has 0 fully saturated rings. The molecule has 0 aliphatic heterocycles. The number of rotatable bonds is 5. The van der Waals surface area contributed by atoms with E-state index >= 15 is 0 Å². The van der Waals surface area contributed by atoms with Gasteiger partial charge in [0.05, 0.1) is 6.04 Å². The summed E-state index contributed by atoms with van der Waals surface area (Å²) in [7, 11) is 0. The molecule has 0 saturated carbocycles. The molecule has 0 aromatic heterocycles. The monoisotopic (exact) mass is 396 g/mol. The van der Waals surface area contributed by atoms with Crippen molar-refractivity contribution in [1.29, 1.82) is 0 Å². The van der Waals surface area contributed by atoms with Crippen molar-refractivity contribution in [3.63, 3.8) is 0 Å². The van der Waals surface area contributed by atoms with Crippen LogP contribution in [0.15, 0.2) is 48.5 Å². The Hall–Kier alpha value is -2.20. The SMILES string of the molecule is [O]N(C1c2ccccc2-c2ccccc21)C(F)(F)C(F)(F)C(F)(F)C(F)F. The Bertz CT molecular complexity index is 809. The van der Waals surface area contributed by atoms with Crippen molar-refractivity contribution >= 4 is 0 Å². The summed E-state index contributed by atoms with van der Waals surface area (Å²) in [5.74, 6) is -13.0. The van der Waals surface area contributed by atoms with Crippen molar-refractivity contribution in [2.75, 3.05) is 0 Å². The smallest absolute Gasteiger partial charge is 0.203 e. The number of halogens is 8. The number of fused-ring (bicyclic) bond motifs is 3. The molecule has 10 heteroatoms. The first kappa shape index (κ1) is 19.6. The van der Waals surface area contributed by atoms with Gasteiger partial charge in [0.15, 0.2) is 0 Å². The molecule has 0 bridgehead atoms. The minimum Gasteiger partial charge on any atom is -0.203 e. The van der Waals surface area contributed by atoms with Gasteiger partial charge in [-0.2, -0.15) is 26.3 Å². The van der Waals surface area contributed by atoms with Crippen molar-refractivity contribution in [2.45, 2.75) is 30.4 Å². The molecule has 2 aromatic rings. The number of benzene rings is 2. The summed E-state index contributed by atoms with van der Waals surface area (Å²) in [6, 6.07) is 2.79. The second kappa shape index (κ2) is 6.16. The Morgan fingerprint density at radius 1 is 0.778 bits per heavy atom. The zero-order chi connectivity index (χ0) is 20.2. The van der Waals surface area contributed by atoms with Crippen LogP contribution in [0.1, 0.15) is 17.2 Å². The zero-order valence-corrected chi connectivity index (χ0v) is 13.2. The maximum absolute atomic E-state index is 14.1. The van der Waals surface area contributed by atoms with E-state index in [1.807, 2.05) is 0 Å². The number of hydrogen-bond acceptors (Lipinski definition) is 1. The lowest BCUT2D eigenvalue weighted by Gasteiger charge is -2.37. The molecule has 0 heterocycles. The normalized spacial score (nSPS) is 15.4. The van der Waals surface area contributed by atoms with Crippen LogP contribution in [0.4, 0.5) is 35.1 Å². The van der Waals surface area contributed by atoms with E-state index < -0.39 is 35.4 Å². The van der Waals surface area contributed by atoms with Crippen LogP contribution in [0.2, 0.25) is 0 Å². The summed E-state index contributed by atoms with van der Waals surface area (Å²) in [4.78, 5) is 0. The molecule has 0 unspecified atom stereocenters. The molecule has 1 aliphatic rings. The topological polar surface area (TPSA) is 23.1 Å². The Morgan fingerprint density at radius 2 is 1.19 bits per heavy atom. The average molecular weight is 396 g/mol. The Balaban J connectivity index is 2.11. The first-order valence-electron chi connectivity index (χ1n) is 7.51. The lowest BCUT2D eigenvalue weighted by Crippen LogP contribution is -2.63. The van der Waals surface area contributed by atoms with E-state index in [1.54, 1.807) is 0 Å². The predicted octanol–water partition coefficient (Wildman–Crippen LogP) is 5.53. The van der Waals surface area contributed by atoms with E-state index in [4.69, 9.17) is 0 Å². The maximum Gasteiger partial charge on any atom is 0.398 e. The molecular formula is C17H10F8NO. The van der Waals surface area contributed by atoms with Gasteiger partial charge < -0.3 is 0 Å². The van der Waals surface area contributed by atoms with Gasteiger partial charge in [0, 0.05) is 0 Å². The highest BCUT2D eigenvalue weighted by Crippen LogP contribution is 2.54.